The molecule has 0 spiro atoms. The van der Waals surface area contributed by atoms with E-state index in [1.54, 1.807) is 0 Å². The van der Waals surface area contributed by atoms with E-state index in [9.17, 15) is 26.7 Å². The van der Waals surface area contributed by atoms with Crippen molar-refractivity contribution in [2.75, 3.05) is 6.61 Å². The third kappa shape index (κ3) is 3.87. The van der Waals surface area contributed by atoms with Gasteiger partial charge in [0.2, 0.25) is 0 Å². The zero-order valence-corrected chi connectivity index (χ0v) is 11.7. The van der Waals surface area contributed by atoms with Gasteiger partial charge in [0.25, 0.3) is 6.43 Å². The van der Waals surface area contributed by atoms with Crippen molar-refractivity contribution in [2.24, 2.45) is 0 Å². The summed E-state index contributed by atoms with van der Waals surface area (Å²) in [6.45, 7) is 1.49. The van der Waals surface area contributed by atoms with Crippen molar-refractivity contribution in [3.05, 3.63) is 27.5 Å². The van der Waals surface area contributed by atoms with Gasteiger partial charge in [-0.25, -0.2) is 8.78 Å². The second-order valence-electron chi connectivity index (χ2n) is 3.63. The number of carbonyl (C=O) groups is 1. The van der Waals surface area contributed by atoms with E-state index in [-0.39, 0.29) is 11.1 Å². The molecule has 9 heteroatoms. The minimum absolute atomic E-state index is 0.00231. The van der Waals surface area contributed by atoms with Crippen LogP contribution in [0, 0.1) is 0 Å². The number of hydrogen-bond acceptors (Lipinski definition) is 3. The second-order valence-corrected chi connectivity index (χ2v) is 4.48. The lowest BCUT2D eigenvalue weighted by Gasteiger charge is -2.16. The molecule has 0 amide bonds. The normalized spacial score (nSPS) is 11.8. The summed E-state index contributed by atoms with van der Waals surface area (Å²) in [5, 5.41) is 0. The Labute approximate surface area is 119 Å². The van der Waals surface area contributed by atoms with Crippen LogP contribution in [0.25, 0.3) is 0 Å². The first-order valence-electron chi connectivity index (χ1n) is 5.36. The zero-order valence-electron chi connectivity index (χ0n) is 10.1. The number of aromatic nitrogens is 1. The van der Waals surface area contributed by atoms with Gasteiger partial charge in [-0.15, -0.1) is 0 Å². The first kappa shape index (κ1) is 16.8. The predicted molar refractivity (Wildman–Crippen MR) is 62.2 cm³/mol. The molecule has 0 radical (unpaired) electrons. The smallest absolute Gasteiger partial charge is 0.433 e. The number of carbonyl (C=O) groups excluding carboxylic acids is 1. The summed E-state index contributed by atoms with van der Waals surface area (Å²) >= 11 is 2.82. The molecule has 1 heterocycles. The summed E-state index contributed by atoms with van der Waals surface area (Å²) < 4.78 is 68.3. The Bertz CT molecular complexity index is 504. The summed E-state index contributed by atoms with van der Waals surface area (Å²) in [6, 6.07) is 0. The number of esters is 1. The minimum Gasteiger partial charge on any atom is -0.466 e. The summed E-state index contributed by atoms with van der Waals surface area (Å²) in [7, 11) is 0. The molecular formula is C11H9BrF5NO2. The summed E-state index contributed by atoms with van der Waals surface area (Å²) in [5.74, 6) is -0.894. The molecule has 20 heavy (non-hydrogen) atoms. The molecule has 1 aromatic heterocycles. The van der Waals surface area contributed by atoms with E-state index in [1.807, 2.05) is 0 Å². The maximum Gasteiger partial charge on any atom is 0.433 e. The van der Waals surface area contributed by atoms with Crippen molar-refractivity contribution >= 4 is 21.9 Å². The lowest BCUT2D eigenvalue weighted by atomic mass is 10.0. The van der Waals surface area contributed by atoms with Crippen LogP contribution in [-0.2, 0) is 22.1 Å². The van der Waals surface area contributed by atoms with Gasteiger partial charge in [0.15, 0.2) is 5.69 Å². The Hall–Kier alpha value is -1.25. The van der Waals surface area contributed by atoms with Gasteiger partial charge in [-0.2, -0.15) is 13.2 Å². The first-order chi connectivity index (χ1) is 9.18. The van der Waals surface area contributed by atoms with Crippen molar-refractivity contribution < 1.29 is 31.5 Å². The van der Waals surface area contributed by atoms with Crippen LogP contribution in [0.4, 0.5) is 22.0 Å². The summed E-state index contributed by atoms with van der Waals surface area (Å²) in [6.07, 6.45) is -8.40. The molecule has 0 saturated heterocycles. The molecule has 0 unspecified atom stereocenters. The van der Waals surface area contributed by atoms with Crippen LogP contribution in [0.2, 0.25) is 0 Å². The number of ether oxygens (including phenoxy) is 1. The average molecular weight is 362 g/mol. The monoisotopic (exact) mass is 361 g/mol. The molecule has 112 valence electrons. The Kier molecular flexibility index (Phi) is 5.43. The number of rotatable bonds is 4. The average Bonchev–Trinajstić information content (AvgIpc) is 2.29. The van der Waals surface area contributed by atoms with Crippen molar-refractivity contribution in [1.82, 2.24) is 4.98 Å². The van der Waals surface area contributed by atoms with Crippen molar-refractivity contribution in [1.29, 1.82) is 0 Å². The molecule has 0 aliphatic heterocycles. The molecule has 0 aliphatic rings. The molecule has 0 bridgehead atoms. The van der Waals surface area contributed by atoms with Gasteiger partial charge in [0.1, 0.15) is 0 Å². The first-order valence-corrected chi connectivity index (χ1v) is 6.16. The van der Waals surface area contributed by atoms with Gasteiger partial charge in [-0.1, -0.05) is 0 Å². The molecule has 1 rings (SSSR count). The molecule has 0 fully saturated rings. The van der Waals surface area contributed by atoms with Gasteiger partial charge in [0.05, 0.1) is 18.6 Å². The van der Waals surface area contributed by atoms with E-state index in [2.05, 4.69) is 25.7 Å². The third-order valence-corrected chi connectivity index (χ3v) is 2.97. The highest BCUT2D eigenvalue weighted by molar-refractivity contribution is 9.10. The number of pyridine rings is 1. The molecule has 1 aromatic rings. The molecule has 0 saturated carbocycles. The van der Waals surface area contributed by atoms with Gasteiger partial charge < -0.3 is 4.74 Å². The van der Waals surface area contributed by atoms with Crippen LogP contribution < -0.4 is 0 Å². The summed E-state index contributed by atoms with van der Waals surface area (Å²) in [5.41, 5.74) is -3.48. The van der Waals surface area contributed by atoms with Gasteiger partial charge in [-0.3, -0.25) is 9.78 Å². The molecule has 0 N–H and O–H groups in total. The zero-order chi connectivity index (χ0) is 15.5. The highest BCUT2D eigenvalue weighted by Gasteiger charge is 2.39. The quantitative estimate of drug-likeness (QED) is 0.602. The lowest BCUT2D eigenvalue weighted by molar-refractivity contribution is -0.144. The fraction of sp³-hybridized carbons (Fsp3) is 0.455. The molecule has 0 aliphatic carbocycles. The number of halogens is 6. The maximum atomic E-state index is 12.9. The van der Waals surface area contributed by atoms with E-state index in [0.717, 1.165) is 6.20 Å². The highest BCUT2D eigenvalue weighted by atomic mass is 79.9. The van der Waals surface area contributed by atoms with E-state index in [0.29, 0.717) is 0 Å². The highest BCUT2D eigenvalue weighted by Crippen LogP contribution is 2.39. The largest absolute Gasteiger partial charge is 0.466 e. The van der Waals surface area contributed by atoms with Crippen LogP contribution in [0.5, 0.6) is 0 Å². The Morgan fingerprint density at radius 3 is 2.50 bits per heavy atom. The fourth-order valence-electron chi connectivity index (χ4n) is 1.54. The van der Waals surface area contributed by atoms with Crippen molar-refractivity contribution in [3.8, 4) is 0 Å². The van der Waals surface area contributed by atoms with E-state index < -0.39 is 41.8 Å². The number of hydrogen-bond donors (Lipinski definition) is 0. The lowest BCUT2D eigenvalue weighted by Crippen LogP contribution is -2.17. The molecule has 0 atom stereocenters. The van der Waals surface area contributed by atoms with Crippen molar-refractivity contribution in [3.63, 3.8) is 0 Å². The second kappa shape index (κ2) is 6.47. The van der Waals surface area contributed by atoms with E-state index in [1.165, 1.54) is 6.92 Å². The van der Waals surface area contributed by atoms with E-state index >= 15 is 0 Å². The van der Waals surface area contributed by atoms with Crippen LogP contribution in [0.1, 0.15) is 30.2 Å². The van der Waals surface area contributed by atoms with Crippen LogP contribution in [0.15, 0.2) is 10.7 Å². The van der Waals surface area contributed by atoms with Gasteiger partial charge in [0, 0.05) is 10.7 Å². The van der Waals surface area contributed by atoms with Crippen LogP contribution in [0.3, 0.4) is 0 Å². The van der Waals surface area contributed by atoms with Gasteiger partial charge >= 0.3 is 12.1 Å². The minimum atomic E-state index is -5.03. The van der Waals surface area contributed by atoms with Crippen molar-refractivity contribution in [2.45, 2.75) is 25.9 Å². The Balaban J connectivity index is 3.37. The third-order valence-electron chi connectivity index (χ3n) is 2.29. The standard InChI is InChI=1S/C11H9BrF5NO2/c1-2-20-7(19)3-5-6(12)4-18-9(11(15,16)17)8(5)10(13)14/h4,10H,2-3H2,1H3. The molecular weight excluding hydrogens is 353 g/mol. The topological polar surface area (TPSA) is 39.2 Å². The van der Waals surface area contributed by atoms with E-state index in [4.69, 9.17) is 0 Å². The maximum absolute atomic E-state index is 12.9. The molecule has 0 aromatic carbocycles. The van der Waals surface area contributed by atoms with Crippen LogP contribution in [-0.4, -0.2) is 17.6 Å². The Morgan fingerprint density at radius 2 is 2.05 bits per heavy atom. The van der Waals surface area contributed by atoms with Crippen LogP contribution >= 0.6 is 15.9 Å². The Morgan fingerprint density at radius 1 is 1.45 bits per heavy atom. The number of alkyl halides is 5. The SMILES string of the molecule is CCOC(=O)Cc1c(Br)cnc(C(F)(F)F)c1C(F)F. The fourth-order valence-corrected chi connectivity index (χ4v) is 1.99. The summed E-state index contributed by atoms with van der Waals surface area (Å²) in [4.78, 5) is 14.3. The molecule has 3 nitrogen and oxygen atoms in total. The predicted octanol–water partition coefficient (Wildman–Crippen LogP) is 3.91. The van der Waals surface area contributed by atoms with Gasteiger partial charge in [-0.05, 0) is 28.4 Å². The number of nitrogens with zero attached hydrogens (tertiary/aromatic N) is 1.